The molecule has 2 N–H and O–H groups in total. The van der Waals surface area contributed by atoms with Crippen molar-refractivity contribution in [3.05, 3.63) is 36.4 Å². The van der Waals surface area contributed by atoms with Crippen LogP contribution in [0.25, 0.3) is 0 Å². The van der Waals surface area contributed by atoms with E-state index in [1.54, 1.807) is 19.1 Å². The zero-order valence-electron chi connectivity index (χ0n) is 14.4. The molecule has 138 valence electrons. The predicted octanol–water partition coefficient (Wildman–Crippen LogP) is 2.22. The molecule has 0 bridgehead atoms. The average molecular weight is 378 g/mol. The van der Waals surface area contributed by atoms with Crippen LogP contribution in [0.15, 0.2) is 41.3 Å². The summed E-state index contributed by atoms with van der Waals surface area (Å²) in [5.74, 6) is 0.910. The number of sulfonamides is 1. The van der Waals surface area contributed by atoms with Crippen molar-refractivity contribution in [3.63, 3.8) is 0 Å². The number of amides is 1. The number of hydrogen-bond donors (Lipinski definition) is 2. The van der Waals surface area contributed by atoms with Gasteiger partial charge in [-0.2, -0.15) is 0 Å². The number of carbonyl (C=O) groups is 1. The molecule has 0 saturated heterocycles. The summed E-state index contributed by atoms with van der Waals surface area (Å²) in [6, 6.07) is 8.94. The normalized spacial score (nSPS) is 16.1. The molecule has 1 heterocycles. The average Bonchev–Trinajstić information content (AvgIpc) is 2.62. The van der Waals surface area contributed by atoms with E-state index in [0.717, 1.165) is 0 Å². The minimum atomic E-state index is -3.86. The van der Waals surface area contributed by atoms with Gasteiger partial charge in [0.2, 0.25) is 0 Å². The molecule has 1 aliphatic heterocycles. The van der Waals surface area contributed by atoms with Crippen LogP contribution in [0.5, 0.6) is 17.2 Å². The Morgan fingerprint density at radius 1 is 1.08 bits per heavy atom. The van der Waals surface area contributed by atoms with E-state index >= 15 is 0 Å². The second-order valence-corrected chi connectivity index (χ2v) is 7.26. The summed E-state index contributed by atoms with van der Waals surface area (Å²) in [6.45, 7) is 1.63. The molecular formula is C17H18N2O6S. The van der Waals surface area contributed by atoms with Crippen molar-refractivity contribution in [2.75, 3.05) is 24.3 Å². The number of benzene rings is 2. The standard InChI is InChI=1S/C17H18N2O6S/c1-10-17(20)18-13-8-11(4-6-14(13)25-10)19-26(21,22)12-5-7-15(23-2)16(9-12)24-3/h4-10,19H,1-3H3,(H,18,20). The maximum absolute atomic E-state index is 12.6. The second kappa shape index (κ2) is 6.75. The summed E-state index contributed by atoms with van der Waals surface area (Å²) in [5, 5.41) is 2.67. The molecule has 1 unspecified atom stereocenters. The molecule has 1 amide bonds. The zero-order valence-corrected chi connectivity index (χ0v) is 15.2. The Bertz CT molecular complexity index is 958. The van der Waals surface area contributed by atoms with Gasteiger partial charge in [-0.3, -0.25) is 9.52 Å². The van der Waals surface area contributed by atoms with Crippen LogP contribution in [0.4, 0.5) is 11.4 Å². The van der Waals surface area contributed by atoms with E-state index in [0.29, 0.717) is 22.9 Å². The van der Waals surface area contributed by atoms with Crippen LogP contribution in [0, 0.1) is 0 Å². The van der Waals surface area contributed by atoms with E-state index in [1.807, 2.05) is 0 Å². The number of methoxy groups -OCH3 is 2. The zero-order chi connectivity index (χ0) is 18.9. The molecular weight excluding hydrogens is 360 g/mol. The van der Waals surface area contributed by atoms with Crippen LogP contribution in [0.2, 0.25) is 0 Å². The first-order chi connectivity index (χ1) is 12.3. The summed E-state index contributed by atoms with van der Waals surface area (Å²) in [6.07, 6.45) is -0.600. The van der Waals surface area contributed by atoms with Crippen molar-refractivity contribution < 1.29 is 27.4 Å². The van der Waals surface area contributed by atoms with Crippen LogP contribution in [0.1, 0.15) is 6.92 Å². The Hall–Kier alpha value is -2.94. The second-order valence-electron chi connectivity index (χ2n) is 5.58. The fraction of sp³-hybridized carbons (Fsp3) is 0.235. The Balaban J connectivity index is 1.89. The number of anilines is 2. The van der Waals surface area contributed by atoms with Crippen molar-refractivity contribution in [2.24, 2.45) is 0 Å². The van der Waals surface area contributed by atoms with Crippen molar-refractivity contribution in [3.8, 4) is 17.2 Å². The summed E-state index contributed by atoms with van der Waals surface area (Å²) >= 11 is 0. The summed E-state index contributed by atoms with van der Waals surface area (Å²) in [7, 11) is -0.969. The Morgan fingerprint density at radius 3 is 2.50 bits per heavy atom. The number of carbonyl (C=O) groups excluding carboxylic acids is 1. The van der Waals surface area contributed by atoms with Gasteiger partial charge in [0.1, 0.15) is 5.75 Å². The van der Waals surface area contributed by atoms with Crippen molar-refractivity contribution >= 4 is 27.3 Å². The largest absolute Gasteiger partial charge is 0.493 e. The van der Waals surface area contributed by atoms with Crippen molar-refractivity contribution in [2.45, 2.75) is 17.9 Å². The monoisotopic (exact) mass is 378 g/mol. The third-order valence-electron chi connectivity index (χ3n) is 3.83. The molecule has 9 heteroatoms. The topological polar surface area (TPSA) is 103 Å². The summed E-state index contributed by atoms with van der Waals surface area (Å²) < 4.78 is 43.4. The summed E-state index contributed by atoms with van der Waals surface area (Å²) in [4.78, 5) is 11.7. The van der Waals surface area contributed by atoms with Crippen LogP contribution in [0.3, 0.4) is 0 Å². The van der Waals surface area contributed by atoms with Gasteiger partial charge in [-0.25, -0.2) is 8.42 Å². The number of rotatable bonds is 5. The van der Waals surface area contributed by atoms with E-state index in [9.17, 15) is 13.2 Å². The van der Waals surface area contributed by atoms with E-state index < -0.39 is 16.1 Å². The quantitative estimate of drug-likeness (QED) is 0.827. The predicted molar refractivity (Wildman–Crippen MR) is 95.5 cm³/mol. The van der Waals surface area contributed by atoms with Gasteiger partial charge in [0.05, 0.1) is 30.5 Å². The van der Waals surface area contributed by atoms with Gasteiger partial charge in [-0.1, -0.05) is 0 Å². The van der Waals surface area contributed by atoms with Gasteiger partial charge in [-0.15, -0.1) is 0 Å². The molecule has 2 aromatic carbocycles. The highest BCUT2D eigenvalue weighted by molar-refractivity contribution is 7.92. The Kier molecular flexibility index (Phi) is 4.64. The van der Waals surface area contributed by atoms with Gasteiger partial charge in [0.25, 0.3) is 15.9 Å². The maximum atomic E-state index is 12.6. The minimum absolute atomic E-state index is 0.0155. The first kappa shape index (κ1) is 17.9. The minimum Gasteiger partial charge on any atom is -0.493 e. The van der Waals surface area contributed by atoms with Crippen LogP contribution < -0.4 is 24.2 Å². The van der Waals surface area contributed by atoms with Gasteiger partial charge < -0.3 is 19.5 Å². The molecule has 0 radical (unpaired) electrons. The molecule has 26 heavy (non-hydrogen) atoms. The van der Waals surface area contributed by atoms with Crippen LogP contribution >= 0.6 is 0 Å². The van der Waals surface area contributed by atoms with Crippen LogP contribution in [-0.2, 0) is 14.8 Å². The van der Waals surface area contributed by atoms with Crippen molar-refractivity contribution in [1.82, 2.24) is 0 Å². The smallest absolute Gasteiger partial charge is 0.265 e. The van der Waals surface area contributed by atoms with Crippen LogP contribution in [-0.4, -0.2) is 34.6 Å². The van der Waals surface area contributed by atoms with Gasteiger partial charge in [0.15, 0.2) is 17.6 Å². The van der Waals surface area contributed by atoms with Gasteiger partial charge in [-0.05, 0) is 37.3 Å². The molecule has 8 nitrogen and oxygen atoms in total. The lowest BCUT2D eigenvalue weighted by molar-refractivity contribution is -0.122. The SMILES string of the molecule is COc1ccc(S(=O)(=O)Nc2ccc3c(c2)NC(=O)C(C)O3)cc1OC. The fourth-order valence-electron chi connectivity index (χ4n) is 2.47. The third-order valence-corrected chi connectivity index (χ3v) is 5.21. The van der Waals surface area contributed by atoms with E-state index in [4.69, 9.17) is 14.2 Å². The lowest BCUT2D eigenvalue weighted by atomic mass is 10.2. The molecule has 1 atom stereocenters. The highest BCUT2D eigenvalue weighted by Crippen LogP contribution is 2.34. The van der Waals surface area contributed by atoms with Crippen molar-refractivity contribution in [1.29, 1.82) is 0 Å². The molecule has 0 spiro atoms. The first-order valence-corrected chi connectivity index (χ1v) is 9.19. The Labute approximate surface area is 151 Å². The van der Waals surface area contributed by atoms with Gasteiger partial charge in [0, 0.05) is 6.07 Å². The van der Waals surface area contributed by atoms with E-state index in [2.05, 4.69) is 10.0 Å². The highest BCUT2D eigenvalue weighted by atomic mass is 32.2. The molecule has 0 aliphatic carbocycles. The first-order valence-electron chi connectivity index (χ1n) is 7.70. The Morgan fingerprint density at radius 2 is 1.81 bits per heavy atom. The maximum Gasteiger partial charge on any atom is 0.265 e. The van der Waals surface area contributed by atoms with E-state index in [1.165, 1.54) is 38.5 Å². The summed E-state index contributed by atoms with van der Waals surface area (Å²) in [5.41, 5.74) is 0.692. The molecule has 0 saturated carbocycles. The molecule has 3 rings (SSSR count). The molecule has 2 aromatic rings. The number of nitrogens with one attached hydrogen (secondary N) is 2. The lowest BCUT2D eigenvalue weighted by Crippen LogP contribution is -2.34. The number of fused-ring (bicyclic) bond motifs is 1. The number of hydrogen-bond acceptors (Lipinski definition) is 6. The van der Waals surface area contributed by atoms with Gasteiger partial charge >= 0.3 is 0 Å². The molecule has 0 aromatic heterocycles. The molecule has 1 aliphatic rings. The third kappa shape index (κ3) is 3.38. The highest BCUT2D eigenvalue weighted by Gasteiger charge is 2.24. The lowest BCUT2D eigenvalue weighted by Gasteiger charge is -2.23. The number of ether oxygens (including phenoxy) is 3. The van der Waals surface area contributed by atoms with E-state index in [-0.39, 0.29) is 16.5 Å². The fourth-order valence-corrected chi connectivity index (χ4v) is 3.53. The molecule has 0 fully saturated rings.